The average Bonchev–Trinajstić information content (AvgIpc) is 3.06. The predicted molar refractivity (Wildman–Crippen MR) is 85.3 cm³/mol. The summed E-state index contributed by atoms with van der Waals surface area (Å²) in [5.74, 6) is -0.918. The molecule has 7 nitrogen and oxygen atoms in total. The molecule has 3 rings (SSSR count). The van der Waals surface area contributed by atoms with Gasteiger partial charge in [-0.1, -0.05) is 12.8 Å². The molecule has 1 spiro atoms. The molecule has 0 radical (unpaired) electrons. The van der Waals surface area contributed by atoms with Crippen LogP contribution in [0.25, 0.3) is 0 Å². The molecule has 7 heteroatoms. The summed E-state index contributed by atoms with van der Waals surface area (Å²) in [5, 5.41) is 8.93. The lowest BCUT2D eigenvalue weighted by molar-refractivity contribution is -0.151. The number of piperidine rings is 1. The zero-order valence-corrected chi connectivity index (χ0v) is 14.0. The SMILES string of the molecule is O=C(O)CN1CCC2(CCCN(C(=O)C3CCCC3)C2)OCC1=O. The third-order valence-corrected chi connectivity index (χ3v) is 5.57. The van der Waals surface area contributed by atoms with Crippen LogP contribution in [0.15, 0.2) is 0 Å². The van der Waals surface area contributed by atoms with Gasteiger partial charge in [-0.05, 0) is 32.1 Å². The summed E-state index contributed by atoms with van der Waals surface area (Å²) < 4.78 is 5.92. The molecule has 3 aliphatic rings. The first-order valence-electron chi connectivity index (χ1n) is 8.91. The van der Waals surface area contributed by atoms with Gasteiger partial charge in [-0.3, -0.25) is 14.4 Å². The Bertz CT molecular complexity index is 517. The monoisotopic (exact) mass is 338 g/mol. The van der Waals surface area contributed by atoms with Crippen molar-refractivity contribution in [2.75, 3.05) is 32.8 Å². The minimum absolute atomic E-state index is 0.0985. The molecule has 24 heavy (non-hydrogen) atoms. The van der Waals surface area contributed by atoms with Crippen molar-refractivity contribution in [1.82, 2.24) is 9.80 Å². The molecular weight excluding hydrogens is 312 g/mol. The van der Waals surface area contributed by atoms with Crippen LogP contribution in [0, 0.1) is 5.92 Å². The van der Waals surface area contributed by atoms with E-state index in [1.807, 2.05) is 4.90 Å². The van der Waals surface area contributed by atoms with Gasteiger partial charge in [-0.15, -0.1) is 0 Å². The Kier molecular flexibility index (Phi) is 5.08. The Morgan fingerprint density at radius 2 is 1.92 bits per heavy atom. The second-order valence-corrected chi connectivity index (χ2v) is 7.28. The van der Waals surface area contributed by atoms with Crippen LogP contribution >= 0.6 is 0 Å². The van der Waals surface area contributed by atoms with Gasteiger partial charge in [0.15, 0.2) is 0 Å². The van der Waals surface area contributed by atoms with Crippen LogP contribution in [-0.2, 0) is 19.1 Å². The van der Waals surface area contributed by atoms with Crippen molar-refractivity contribution >= 4 is 17.8 Å². The number of carboxylic acids is 1. The van der Waals surface area contributed by atoms with Crippen LogP contribution in [0.2, 0.25) is 0 Å². The number of rotatable bonds is 3. The van der Waals surface area contributed by atoms with Crippen LogP contribution in [0.5, 0.6) is 0 Å². The van der Waals surface area contributed by atoms with Gasteiger partial charge < -0.3 is 19.6 Å². The maximum absolute atomic E-state index is 12.7. The molecule has 0 aromatic rings. The normalized spacial score (nSPS) is 29.1. The van der Waals surface area contributed by atoms with Gasteiger partial charge >= 0.3 is 5.97 Å². The highest BCUT2D eigenvalue weighted by molar-refractivity contribution is 5.82. The van der Waals surface area contributed by atoms with Gasteiger partial charge in [0, 0.05) is 25.6 Å². The summed E-state index contributed by atoms with van der Waals surface area (Å²) in [6.07, 6.45) is 6.49. The first-order valence-corrected chi connectivity index (χ1v) is 8.91. The van der Waals surface area contributed by atoms with E-state index in [9.17, 15) is 14.4 Å². The molecule has 2 saturated heterocycles. The highest BCUT2D eigenvalue weighted by Gasteiger charge is 2.42. The fraction of sp³-hybridized carbons (Fsp3) is 0.824. The van der Waals surface area contributed by atoms with Gasteiger partial charge in [0.2, 0.25) is 11.8 Å². The Morgan fingerprint density at radius 1 is 1.17 bits per heavy atom. The van der Waals surface area contributed by atoms with Crippen molar-refractivity contribution in [2.45, 2.75) is 50.5 Å². The van der Waals surface area contributed by atoms with E-state index in [0.717, 1.165) is 45.1 Å². The second kappa shape index (κ2) is 7.09. The van der Waals surface area contributed by atoms with E-state index in [1.54, 1.807) is 0 Å². The Labute approximate surface area is 141 Å². The van der Waals surface area contributed by atoms with E-state index in [0.29, 0.717) is 19.5 Å². The van der Waals surface area contributed by atoms with Crippen molar-refractivity contribution in [3.8, 4) is 0 Å². The van der Waals surface area contributed by atoms with Gasteiger partial charge in [0.25, 0.3) is 0 Å². The smallest absolute Gasteiger partial charge is 0.323 e. The number of amides is 2. The molecule has 134 valence electrons. The van der Waals surface area contributed by atoms with Crippen LogP contribution in [0.4, 0.5) is 0 Å². The summed E-state index contributed by atoms with van der Waals surface area (Å²) in [5.41, 5.74) is -0.505. The van der Waals surface area contributed by atoms with Crippen molar-refractivity contribution in [3.05, 3.63) is 0 Å². The predicted octanol–water partition coefficient (Wildman–Crippen LogP) is 0.871. The number of likely N-dealkylation sites (tertiary alicyclic amines) is 1. The van der Waals surface area contributed by atoms with E-state index in [4.69, 9.17) is 9.84 Å². The number of carboxylic acid groups (broad SMARTS) is 1. The zero-order chi connectivity index (χ0) is 17.2. The molecule has 1 saturated carbocycles. The van der Waals surface area contributed by atoms with Crippen molar-refractivity contribution < 1.29 is 24.2 Å². The molecule has 2 aliphatic heterocycles. The highest BCUT2D eigenvalue weighted by atomic mass is 16.5. The number of carbonyl (C=O) groups is 3. The van der Waals surface area contributed by atoms with Crippen molar-refractivity contribution in [3.63, 3.8) is 0 Å². The standard InChI is InChI=1S/C17H26N2O5/c20-14-11-24-17(7-9-18(14)10-15(21)22)6-3-8-19(12-17)16(23)13-4-1-2-5-13/h13H,1-12H2,(H,21,22). The number of aliphatic carboxylic acids is 1. The number of hydrogen-bond donors (Lipinski definition) is 1. The molecule has 0 aromatic heterocycles. The number of nitrogens with zero attached hydrogens (tertiary/aromatic N) is 2. The fourth-order valence-electron chi connectivity index (χ4n) is 4.21. The average molecular weight is 338 g/mol. The Hall–Kier alpha value is -1.63. The molecule has 1 N–H and O–H groups in total. The molecule has 1 aliphatic carbocycles. The first kappa shape index (κ1) is 17.2. The molecule has 1 unspecified atom stereocenters. The Morgan fingerprint density at radius 3 is 2.62 bits per heavy atom. The summed E-state index contributed by atoms with van der Waals surface area (Å²) in [6, 6.07) is 0. The molecule has 2 heterocycles. The molecular formula is C17H26N2O5. The summed E-state index contributed by atoms with van der Waals surface area (Å²) in [7, 11) is 0. The largest absolute Gasteiger partial charge is 0.480 e. The molecule has 0 bridgehead atoms. The first-order chi connectivity index (χ1) is 11.5. The maximum atomic E-state index is 12.7. The number of hydrogen-bond acceptors (Lipinski definition) is 4. The van der Waals surface area contributed by atoms with Gasteiger partial charge in [-0.25, -0.2) is 0 Å². The van der Waals surface area contributed by atoms with E-state index in [-0.39, 0.29) is 30.9 Å². The lowest BCUT2D eigenvalue weighted by Gasteiger charge is -2.42. The quantitative estimate of drug-likeness (QED) is 0.825. The van der Waals surface area contributed by atoms with Crippen LogP contribution in [0.1, 0.15) is 44.9 Å². The fourth-order valence-corrected chi connectivity index (χ4v) is 4.21. The summed E-state index contributed by atoms with van der Waals surface area (Å²) >= 11 is 0. The van der Waals surface area contributed by atoms with Gasteiger partial charge in [0.05, 0.1) is 5.60 Å². The highest BCUT2D eigenvalue weighted by Crippen LogP contribution is 2.33. The molecule has 3 fully saturated rings. The zero-order valence-electron chi connectivity index (χ0n) is 14.0. The van der Waals surface area contributed by atoms with Crippen molar-refractivity contribution in [1.29, 1.82) is 0 Å². The second-order valence-electron chi connectivity index (χ2n) is 7.28. The van der Waals surface area contributed by atoms with E-state index < -0.39 is 11.6 Å². The van der Waals surface area contributed by atoms with Crippen molar-refractivity contribution in [2.24, 2.45) is 5.92 Å². The van der Waals surface area contributed by atoms with E-state index in [1.165, 1.54) is 4.90 Å². The lowest BCUT2D eigenvalue weighted by atomic mass is 9.88. The van der Waals surface area contributed by atoms with Gasteiger partial charge in [-0.2, -0.15) is 0 Å². The van der Waals surface area contributed by atoms with Crippen LogP contribution < -0.4 is 0 Å². The minimum atomic E-state index is -1.01. The Balaban J connectivity index is 1.65. The van der Waals surface area contributed by atoms with Gasteiger partial charge in [0.1, 0.15) is 13.2 Å². The van der Waals surface area contributed by atoms with Crippen LogP contribution in [-0.4, -0.2) is 71.1 Å². The van der Waals surface area contributed by atoms with E-state index >= 15 is 0 Å². The van der Waals surface area contributed by atoms with E-state index in [2.05, 4.69) is 0 Å². The minimum Gasteiger partial charge on any atom is -0.480 e. The lowest BCUT2D eigenvalue weighted by Crippen LogP contribution is -2.53. The number of ether oxygens (including phenoxy) is 1. The third-order valence-electron chi connectivity index (χ3n) is 5.57. The van der Waals surface area contributed by atoms with Crippen LogP contribution in [0.3, 0.4) is 0 Å². The molecule has 0 aromatic carbocycles. The summed E-state index contributed by atoms with van der Waals surface area (Å²) in [6.45, 7) is 1.27. The molecule has 2 amide bonds. The number of carbonyl (C=O) groups excluding carboxylic acids is 2. The third kappa shape index (κ3) is 3.71. The topological polar surface area (TPSA) is 87.2 Å². The summed E-state index contributed by atoms with van der Waals surface area (Å²) in [4.78, 5) is 38.9. The maximum Gasteiger partial charge on any atom is 0.323 e. The molecule has 1 atom stereocenters.